The van der Waals surface area contributed by atoms with Crippen molar-refractivity contribution in [3.05, 3.63) is 47.1 Å². The first kappa shape index (κ1) is 12.4. The van der Waals surface area contributed by atoms with Gasteiger partial charge in [0.2, 0.25) is 5.89 Å². The van der Waals surface area contributed by atoms with Gasteiger partial charge in [-0.1, -0.05) is 35.8 Å². The summed E-state index contributed by atoms with van der Waals surface area (Å²) in [6, 6.07) is 8.56. The van der Waals surface area contributed by atoms with Gasteiger partial charge in [-0.3, -0.25) is 0 Å². The summed E-state index contributed by atoms with van der Waals surface area (Å²) in [4.78, 5) is 4.53. The first-order chi connectivity index (χ1) is 9.33. The van der Waals surface area contributed by atoms with E-state index in [-0.39, 0.29) is 6.04 Å². The molecule has 1 aliphatic rings. The highest BCUT2D eigenvalue weighted by molar-refractivity contribution is 5.28. The Morgan fingerprint density at radius 3 is 3.00 bits per heavy atom. The van der Waals surface area contributed by atoms with E-state index >= 15 is 0 Å². The second-order valence-electron chi connectivity index (χ2n) is 5.15. The Bertz CT molecular complexity index is 544. The average Bonchev–Trinajstić information content (AvgIpc) is 2.91. The van der Waals surface area contributed by atoms with Crippen LogP contribution >= 0.6 is 0 Å². The van der Waals surface area contributed by atoms with Crippen molar-refractivity contribution in [1.29, 1.82) is 0 Å². The molecule has 2 aromatic rings. The summed E-state index contributed by atoms with van der Waals surface area (Å²) in [5.74, 6) is 1.51. The maximum absolute atomic E-state index is 5.39. The lowest BCUT2D eigenvalue weighted by molar-refractivity contribution is 0.296. The molecule has 1 aromatic heterocycles. The molecule has 0 saturated carbocycles. The van der Waals surface area contributed by atoms with Crippen LogP contribution in [0.3, 0.4) is 0 Å². The van der Waals surface area contributed by atoms with Crippen molar-refractivity contribution in [3.63, 3.8) is 0 Å². The Hall–Kier alpha value is -1.68. The first-order valence-corrected chi connectivity index (χ1v) is 6.93. The minimum atomic E-state index is 0.242. The van der Waals surface area contributed by atoms with Gasteiger partial charge in [0.15, 0.2) is 5.82 Å². The lowest BCUT2D eigenvalue weighted by Crippen LogP contribution is -2.27. The lowest BCUT2D eigenvalue weighted by atomic mass is 10.0. The zero-order valence-electron chi connectivity index (χ0n) is 11.2. The van der Waals surface area contributed by atoms with Gasteiger partial charge in [-0.25, -0.2) is 0 Å². The minimum absolute atomic E-state index is 0.242. The Labute approximate surface area is 113 Å². The highest BCUT2D eigenvalue weighted by Gasteiger charge is 2.20. The monoisotopic (exact) mass is 257 g/mol. The van der Waals surface area contributed by atoms with Crippen LogP contribution in [0.4, 0.5) is 0 Å². The number of hydrogen-bond acceptors (Lipinski definition) is 4. The van der Waals surface area contributed by atoms with Crippen LogP contribution in [0.2, 0.25) is 0 Å². The molecule has 1 atom stereocenters. The molecule has 0 aliphatic carbocycles. The summed E-state index contributed by atoms with van der Waals surface area (Å²) in [5, 5.41) is 7.53. The third-order valence-electron chi connectivity index (χ3n) is 3.70. The van der Waals surface area contributed by atoms with Crippen molar-refractivity contribution in [3.8, 4) is 0 Å². The zero-order valence-corrected chi connectivity index (χ0v) is 11.2. The van der Waals surface area contributed by atoms with Gasteiger partial charge in [-0.15, -0.1) is 0 Å². The first-order valence-electron chi connectivity index (χ1n) is 6.93. The molecule has 0 radical (unpaired) electrons. The van der Waals surface area contributed by atoms with E-state index in [9.17, 15) is 0 Å². The Kier molecular flexibility index (Phi) is 3.60. The Balaban J connectivity index is 1.73. The molecule has 0 amide bonds. The van der Waals surface area contributed by atoms with E-state index in [4.69, 9.17) is 4.52 Å². The molecule has 4 heteroatoms. The SMILES string of the molecule is Cc1ccccc1Cc1noc([C@@H]2CCCCN2)n1. The van der Waals surface area contributed by atoms with E-state index in [0.29, 0.717) is 0 Å². The normalized spacial score (nSPS) is 19.5. The van der Waals surface area contributed by atoms with Crippen LogP contribution < -0.4 is 5.32 Å². The molecule has 2 heterocycles. The van der Waals surface area contributed by atoms with E-state index in [1.165, 1.54) is 24.0 Å². The standard InChI is InChI=1S/C15H19N3O/c1-11-6-2-3-7-12(11)10-14-17-15(19-18-14)13-8-4-5-9-16-13/h2-3,6-7,13,16H,4-5,8-10H2,1H3/t13-/m0/s1. The van der Waals surface area contributed by atoms with E-state index in [1.807, 2.05) is 12.1 Å². The van der Waals surface area contributed by atoms with Gasteiger partial charge < -0.3 is 9.84 Å². The van der Waals surface area contributed by atoms with E-state index in [2.05, 4.69) is 34.5 Å². The van der Waals surface area contributed by atoms with Crippen LogP contribution in [0.1, 0.15) is 48.1 Å². The molecule has 3 rings (SSSR count). The second kappa shape index (κ2) is 5.53. The predicted octanol–water partition coefficient (Wildman–Crippen LogP) is 2.78. The quantitative estimate of drug-likeness (QED) is 0.918. The molecule has 19 heavy (non-hydrogen) atoms. The molecular formula is C15H19N3O. The lowest BCUT2D eigenvalue weighted by Gasteiger charge is -2.19. The third kappa shape index (κ3) is 2.84. The van der Waals surface area contributed by atoms with Gasteiger partial charge in [-0.05, 0) is 37.4 Å². The van der Waals surface area contributed by atoms with Crippen molar-refractivity contribution in [2.45, 2.75) is 38.6 Å². The van der Waals surface area contributed by atoms with E-state index in [1.54, 1.807) is 0 Å². The van der Waals surface area contributed by atoms with Crippen molar-refractivity contribution in [2.75, 3.05) is 6.54 Å². The van der Waals surface area contributed by atoms with E-state index in [0.717, 1.165) is 31.1 Å². The molecule has 1 N–H and O–H groups in total. The summed E-state index contributed by atoms with van der Waals surface area (Å²) in [6.45, 7) is 3.15. The van der Waals surface area contributed by atoms with Gasteiger partial charge in [0, 0.05) is 6.42 Å². The second-order valence-corrected chi connectivity index (χ2v) is 5.15. The maximum atomic E-state index is 5.39. The average molecular weight is 257 g/mol. The molecule has 1 aliphatic heterocycles. The number of nitrogens with one attached hydrogen (secondary N) is 1. The van der Waals surface area contributed by atoms with Gasteiger partial charge >= 0.3 is 0 Å². The minimum Gasteiger partial charge on any atom is -0.338 e. The van der Waals surface area contributed by atoms with Crippen molar-refractivity contribution in [2.24, 2.45) is 0 Å². The highest BCUT2D eigenvalue weighted by Crippen LogP contribution is 2.22. The van der Waals surface area contributed by atoms with Gasteiger partial charge in [0.1, 0.15) is 0 Å². The van der Waals surface area contributed by atoms with E-state index < -0.39 is 0 Å². The largest absolute Gasteiger partial charge is 0.338 e. The van der Waals surface area contributed by atoms with Crippen molar-refractivity contribution in [1.82, 2.24) is 15.5 Å². The van der Waals surface area contributed by atoms with Crippen LogP contribution in [0.25, 0.3) is 0 Å². The highest BCUT2D eigenvalue weighted by atomic mass is 16.5. The number of benzene rings is 1. The fourth-order valence-corrected chi connectivity index (χ4v) is 2.52. The predicted molar refractivity (Wildman–Crippen MR) is 72.9 cm³/mol. The fourth-order valence-electron chi connectivity index (χ4n) is 2.52. The summed E-state index contributed by atoms with van der Waals surface area (Å²) < 4.78 is 5.39. The number of aryl methyl sites for hydroxylation is 1. The third-order valence-corrected chi connectivity index (χ3v) is 3.70. The molecular weight excluding hydrogens is 238 g/mol. The summed E-state index contributed by atoms with van der Waals surface area (Å²) in [5.41, 5.74) is 2.52. The van der Waals surface area contributed by atoms with Crippen molar-refractivity contribution < 1.29 is 4.52 Å². The van der Waals surface area contributed by atoms with Crippen LogP contribution in [0, 0.1) is 6.92 Å². The summed E-state index contributed by atoms with van der Waals surface area (Å²) in [7, 11) is 0. The zero-order chi connectivity index (χ0) is 13.1. The summed E-state index contributed by atoms with van der Waals surface area (Å²) in [6.07, 6.45) is 4.29. The number of nitrogens with zero attached hydrogens (tertiary/aromatic N) is 2. The number of rotatable bonds is 3. The topological polar surface area (TPSA) is 51.0 Å². The molecule has 0 unspecified atom stereocenters. The molecule has 1 saturated heterocycles. The molecule has 0 spiro atoms. The molecule has 100 valence electrons. The maximum Gasteiger partial charge on any atom is 0.243 e. The summed E-state index contributed by atoms with van der Waals surface area (Å²) >= 11 is 0. The fraction of sp³-hybridized carbons (Fsp3) is 0.467. The smallest absolute Gasteiger partial charge is 0.243 e. The molecule has 0 bridgehead atoms. The van der Waals surface area contributed by atoms with Gasteiger partial charge in [-0.2, -0.15) is 4.98 Å². The number of piperidine rings is 1. The van der Waals surface area contributed by atoms with Gasteiger partial charge in [0.05, 0.1) is 6.04 Å². The van der Waals surface area contributed by atoms with Crippen LogP contribution in [-0.2, 0) is 6.42 Å². The molecule has 1 fully saturated rings. The van der Waals surface area contributed by atoms with Crippen molar-refractivity contribution >= 4 is 0 Å². The van der Waals surface area contributed by atoms with Crippen LogP contribution in [0.15, 0.2) is 28.8 Å². The number of hydrogen-bond donors (Lipinski definition) is 1. The van der Waals surface area contributed by atoms with Crippen LogP contribution in [0.5, 0.6) is 0 Å². The Morgan fingerprint density at radius 1 is 1.32 bits per heavy atom. The number of aromatic nitrogens is 2. The Morgan fingerprint density at radius 2 is 2.21 bits per heavy atom. The van der Waals surface area contributed by atoms with Gasteiger partial charge in [0.25, 0.3) is 0 Å². The van der Waals surface area contributed by atoms with Crippen LogP contribution in [-0.4, -0.2) is 16.7 Å². The molecule has 1 aromatic carbocycles. The molecule has 4 nitrogen and oxygen atoms in total.